The van der Waals surface area contributed by atoms with Gasteiger partial charge in [0.2, 0.25) is 5.91 Å². The lowest BCUT2D eigenvalue weighted by atomic mass is 10.1. The van der Waals surface area contributed by atoms with E-state index in [0.29, 0.717) is 24.4 Å². The summed E-state index contributed by atoms with van der Waals surface area (Å²) < 4.78 is 5.03. The molecular weight excluding hydrogens is 332 g/mol. The largest absolute Gasteiger partial charge is 0.507 e. The number of nitrogens with one attached hydrogen (secondary N) is 1. The highest BCUT2D eigenvalue weighted by Gasteiger charge is 2.21. The molecular formula is C20H24N2O4. The summed E-state index contributed by atoms with van der Waals surface area (Å²) in [5.74, 6) is -0.394. The summed E-state index contributed by atoms with van der Waals surface area (Å²) in [5.41, 5.74) is 1.80. The Morgan fingerprint density at radius 3 is 2.54 bits per heavy atom. The average Bonchev–Trinajstić information content (AvgIpc) is 2.62. The first-order chi connectivity index (χ1) is 12.5. The molecule has 0 fully saturated rings. The standard InChI is InChI=1S/C20H24N2O4/c1-4-11-22(13-19(24)21-17-8-6-5-7-14(17)2)20(25)16-10-9-15(26-3)12-18(16)23/h5-10,12,23H,4,11,13H2,1-3H3,(H,21,24). The third-order valence-corrected chi connectivity index (χ3v) is 3.97. The number of carbonyl (C=O) groups is 2. The number of nitrogens with zero attached hydrogens (tertiary/aromatic N) is 1. The lowest BCUT2D eigenvalue weighted by molar-refractivity contribution is -0.116. The van der Waals surface area contributed by atoms with Gasteiger partial charge in [0.25, 0.3) is 5.91 Å². The molecule has 0 atom stereocenters. The Bertz CT molecular complexity index is 789. The van der Waals surface area contributed by atoms with Gasteiger partial charge in [-0.1, -0.05) is 25.1 Å². The molecule has 0 aliphatic rings. The van der Waals surface area contributed by atoms with E-state index in [-0.39, 0.29) is 23.8 Å². The molecule has 2 aromatic rings. The van der Waals surface area contributed by atoms with Crippen LogP contribution in [-0.4, -0.2) is 42.0 Å². The number of benzene rings is 2. The molecule has 2 aromatic carbocycles. The molecule has 0 spiro atoms. The SMILES string of the molecule is CCCN(CC(=O)Nc1ccccc1C)C(=O)c1ccc(OC)cc1O. The van der Waals surface area contributed by atoms with E-state index in [4.69, 9.17) is 4.74 Å². The zero-order chi connectivity index (χ0) is 19.1. The van der Waals surface area contributed by atoms with Gasteiger partial charge in [0, 0.05) is 18.3 Å². The Morgan fingerprint density at radius 1 is 1.19 bits per heavy atom. The van der Waals surface area contributed by atoms with Crippen LogP contribution in [0, 0.1) is 6.92 Å². The average molecular weight is 356 g/mol. The first-order valence-corrected chi connectivity index (χ1v) is 8.48. The topological polar surface area (TPSA) is 78.9 Å². The van der Waals surface area contributed by atoms with Gasteiger partial charge >= 0.3 is 0 Å². The number of amides is 2. The zero-order valence-corrected chi connectivity index (χ0v) is 15.3. The van der Waals surface area contributed by atoms with E-state index in [9.17, 15) is 14.7 Å². The van der Waals surface area contributed by atoms with Crippen LogP contribution in [0.4, 0.5) is 5.69 Å². The first-order valence-electron chi connectivity index (χ1n) is 8.48. The molecule has 6 heteroatoms. The maximum atomic E-state index is 12.8. The van der Waals surface area contributed by atoms with Gasteiger partial charge in [-0.3, -0.25) is 9.59 Å². The Balaban J connectivity index is 2.13. The molecule has 2 amide bonds. The highest BCUT2D eigenvalue weighted by molar-refractivity contribution is 6.01. The lowest BCUT2D eigenvalue weighted by Gasteiger charge is -2.22. The minimum absolute atomic E-state index is 0.0908. The minimum Gasteiger partial charge on any atom is -0.507 e. The van der Waals surface area contributed by atoms with Gasteiger partial charge in [0.05, 0.1) is 12.7 Å². The monoisotopic (exact) mass is 356 g/mol. The van der Waals surface area contributed by atoms with Crippen LogP contribution in [0.25, 0.3) is 0 Å². The summed E-state index contributed by atoms with van der Waals surface area (Å²) >= 11 is 0. The maximum absolute atomic E-state index is 12.8. The number of aryl methyl sites for hydroxylation is 1. The molecule has 0 aliphatic heterocycles. The fraction of sp³-hybridized carbons (Fsp3) is 0.300. The summed E-state index contributed by atoms with van der Waals surface area (Å²) in [5, 5.41) is 12.9. The first kappa shape index (κ1) is 19.3. The number of anilines is 1. The molecule has 0 aromatic heterocycles. The fourth-order valence-corrected chi connectivity index (χ4v) is 2.59. The Kier molecular flexibility index (Phi) is 6.60. The van der Waals surface area contributed by atoms with Crippen molar-refractivity contribution >= 4 is 17.5 Å². The summed E-state index contributed by atoms with van der Waals surface area (Å²) in [6, 6.07) is 11.9. The van der Waals surface area contributed by atoms with Crippen LogP contribution in [0.1, 0.15) is 29.3 Å². The van der Waals surface area contributed by atoms with E-state index in [1.54, 1.807) is 6.07 Å². The van der Waals surface area contributed by atoms with Gasteiger partial charge in [-0.05, 0) is 37.1 Å². The summed E-state index contributed by atoms with van der Waals surface area (Å²) in [6.07, 6.45) is 0.695. The van der Waals surface area contributed by atoms with Gasteiger partial charge < -0.3 is 20.1 Å². The normalized spacial score (nSPS) is 10.3. The van der Waals surface area contributed by atoms with Crippen LogP contribution in [0.5, 0.6) is 11.5 Å². The van der Waals surface area contributed by atoms with Crippen LogP contribution in [0.3, 0.4) is 0 Å². The van der Waals surface area contributed by atoms with Gasteiger partial charge in [-0.2, -0.15) is 0 Å². The molecule has 0 unspecified atom stereocenters. The van der Waals surface area contributed by atoms with Crippen LogP contribution >= 0.6 is 0 Å². The van der Waals surface area contributed by atoms with E-state index < -0.39 is 5.91 Å². The second-order valence-corrected chi connectivity index (χ2v) is 5.97. The van der Waals surface area contributed by atoms with Gasteiger partial charge in [-0.25, -0.2) is 0 Å². The van der Waals surface area contributed by atoms with Gasteiger partial charge in [-0.15, -0.1) is 0 Å². The number of phenols is 1. The number of aromatic hydroxyl groups is 1. The molecule has 0 saturated carbocycles. The van der Waals surface area contributed by atoms with Gasteiger partial charge in [0.15, 0.2) is 0 Å². The third-order valence-electron chi connectivity index (χ3n) is 3.97. The number of para-hydroxylation sites is 1. The molecule has 2 rings (SSSR count). The van der Waals surface area contributed by atoms with Crippen molar-refractivity contribution < 1.29 is 19.4 Å². The smallest absolute Gasteiger partial charge is 0.258 e. The molecule has 0 saturated heterocycles. The lowest BCUT2D eigenvalue weighted by Crippen LogP contribution is -2.38. The number of ether oxygens (including phenoxy) is 1. The number of hydrogen-bond donors (Lipinski definition) is 2. The van der Waals surface area contributed by atoms with Crippen molar-refractivity contribution in [3.05, 3.63) is 53.6 Å². The summed E-state index contributed by atoms with van der Waals surface area (Å²) in [7, 11) is 1.48. The van der Waals surface area contributed by atoms with E-state index in [2.05, 4.69) is 5.32 Å². The zero-order valence-electron chi connectivity index (χ0n) is 15.3. The van der Waals surface area contributed by atoms with E-state index in [1.165, 1.54) is 24.1 Å². The molecule has 2 N–H and O–H groups in total. The second-order valence-electron chi connectivity index (χ2n) is 5.97. The van der Waals surface area contributed by atoms with Crippen molar-refractivity contribution in [2.45, 2.75) is 20.3 Å². The molecule has 0 heterocycles. The minimum atomic E-state index is -0.396. The Labute approximate surface area is 153 Å². The molecule has 138 valence electrons. The van der Waals surface area contributed by atoms with Crippen molar-refractivity contribution in [2.75, 3.05) is 25.5 Å². The van der Waals surface area contributed by atoms with E-state index in [1.807, 2.05) is 38.1 Å². The number of carbonyl (C=O) groups excluding carboxylic acids is 2. The number of rotatable bonds is 7. The maximum Gasteiger partial charge on any atom is 0.258 e. The fourth-order valence-electron chi connectivity index (χ4n) is 2.59. The number of phenolic OH excluding ortho intramolecular Hbond substituents is 1. The highest BCUT2D eigenvalue weighted by atomic mass is 16.5. The predicted molar refractivity (Wildman–Crippen MR) is 101 cm³/mol. The second kappa shape index (κ2) is 8.89. The van der Waals surface area contributed by atoms with Crippen molar-refractivity contribution in [3.8, 4) is 11.5 Å². The van der Waals surface area contributed by atoms with Crippen molar-refractivity contribution in [2.24, 2.45) is 0 Å². The van der Waals surface area contributed by atoms with Crippen LogP contribution in [-0.2, 0) is 4.79 Å². The van der Waals surface area contributed by atoms with E-state index in [0.717, 1.165) is 5.56 Å². The Hall–Kier alpha value is -3.02. The molecule has 0 radical (unpaired) electrons. The van der Waals surface area contributed by atoms with Crippen molar-refractivity contribution in [1.29, 1.82) is 0 Å². The van der Waals surface area contributed by atoms with Crippen LogP contribution < -0.4 is 10.1 Å². The third kappa shape index (κ3) is 4.75. The molecule has 26 heavy (non-hydrogen) atoms. The van der Waals surface area contributed by atoms with Crippen molar-refractivity contribution in [3.63, 3.8) is 0 Å². The molecule has 6 nitrogen and oxygen atoms in total. The van der Waals surface area contributed by atoms with Gasteiger partial charge in [0.1, 0.15) is 18.0 Å². The highest BCUT2D eigenvalue weighted by Crippen LogP contribution is 2.24. The molecule has 0 bridgehead atoms. The summed E-state index contributed by atoms with van der Waals surface area (Å²) in [4.78, 5) is 26.6. The number of methoxy groups -OCH3 is 1. The van der Waals surface area contributed by atoms with E-state index >= 15 is 0 Å². The van der Waals surface area contributed by atoms with Crippen LogP contribution in [0.2, 0.25) is 0 Å². The predicted octanol–water partition coefficient (Wildman–Crippen LogP) is 3.20. The number of hydrogen-bond acceptors (Lipinski definition) is 4. The quantitative estimate of drug-likeness (QED) is 0.798. The molecule has 0 aliphatic carbocycles. The van der Waals surface area contributed by atoms with Crippen LogP contribution in [0.15, 0.2) is 42.5 Å². The van der Waals surface area contributed by atoms with Crippen molar-refractivity contribution in [1.82, 2.24) is 4.90 Å². The summed E-state index contributed by atoms with van der Waals surface area (Å²) in [6.45, 7) is 4.14. The Morgan fingerprint density at radius 2 is 1.92 bits per heavy atom.